The maximum absolute atomic E-state index is 12.2. The molecule has 0 spiro atoms. The number of hydrogen-bond donors (Lipinski definition) is 2. The van der Waals surface area contributed by atoms with Crippen LogP contribution in [-0.4, -0.2) is 24.2 Å². The second-order valence-electron chi connectivity index (χ2n) is 4.87. The van der Waals surface area contributed by atoms with Crippen LogP contribution < -0.4 is 11.1 Å². The number of carbonyl (C=O) groups excluding carboxylic acids is 1. The number of rotatable bonds is 4. The molecule has 0 radical (unpaired) electrons. The molecular weight excluding hydrogens is 233 g/mol. The van der Waals surface area contributed by atoms with E-state index in [-0.39, 0.29) is 5.92 Å². The maximum atomic E-state index is 12.2. The van der Waals surface area contributed by atoms with Gasteiger partial charge < -0.3 is 5.73 Å². The highest BCUT2D eigenvalue weighted by molar-refractivity contribution is 5.84. The quantitative estimate of drug-likeness (QED) is 0.803. The van der Waals surface area contributed by atoms with Gasteiger partial charge in [0.1, 0.15) is 0 Å². The van der Waals surface area contributed by atoms with Gasteiger partial charge in [-0.1, -0.05) is 19.3 Å². The molecule has 0 aromatic heterocycles. The lowest BCUT2D eigenvalue weighted by molar-refractivity contribution is -0.138. The van der Waals surface area contributed by atoms with E-state index >= 15 is 0 Å². The van der Waals surface area contributed by atoms with Gasteiger partial charge in [0.15, 0.2) is 0 Å². The van der Waals surface area contributed by atoms with Crippen LogP contribution in [0.15, 0.2) is 0 Å². The van der Waals surface area contributed by atoms with Crippen molar-refractivity contribution in [3.05, 3.63) is 0 Å². The molecule has 0 bridgehead atoms. The summed E-state index contributed by atoms with van der Waals surface area (Å²) in [4.78, 5) is 11.4. The van der Waals surface area contributed by atoms with Gasteiger partial charge in [-0.3, -0.25) is 10.1 Å². The molecule has 1 rings (SSSR count). The van der Waals surface area contributed by atoms with Gasteiger partial charge in [0.25, 0.3) is 0 Å². The molecule has 17 heavy (non-hydrogen) atoms. The number of carbonyl (C=O) groups is 1. The van der Waals surface area contributed by atoms with E-state index in [9.17, 15) is 18.0 Å². The molecule has 3 N–H and O–H groups in total. The first kappa shape index (κ1) is 14.3. The molecule has 1 unspecified atom stereocenters. The van der Waals surface area contributed by atoms with Gasteiger partial charge in [0.05, 0.1) is 12.1 Å². The van der Waals surface area contributed by atoms with E-state index in [1.807, 2.05) is 0 Å². The molecule has 100 valence electrons. The van der Waals surface area contributed by atoms with Crippen molar-refractivity contribution < 1.29 is 18.0 Å². The predicted molar refractivity (Wildman–Crippen MR) is 58.2 cm³/mol. The first-order valence-electron chi connectivity index (χ1n) is 5.87. The van der Waals surface area contributed by atoms with Crippen molar-refractivity contribution >= 4 is 5.91 Å². The van der Waals surface area contributed by atoms with Crippen LogP contribution in [0, 0.1) is 5.92 Å². The number of alkyl halides is 3. The average molecular weight is 252 g/mol. The summed E-state index contributed by atoms with van der Waals surface area (Å²) in [5, 5.41) is 2.31. The predicted octanol–water partition coefficient (Wildman–Crippen LogP) is 1.96. The lowest BCUT2D eigenvalue weighted by Crippen LogP contribution is -2.60. The molecule has 6 heteroatoms. The van der Waals surface area contributed by atoms with Gasteiger partial charge in [-0.2, -0.15) is 13.2 Å². The minimum Gasteiger partial charge on any atom is -0.368 e. The Morgan fingerprint density at radius 2 is 1.82 bits per heavy atom. The second kappa shape index (κ2) is 5.25. The van der Waals surface area contributed by atoms with Crippen molar-refractivity contribution in [2.45, 2.75) is 50.7 Å². The Balaban J connectivity index is 2.70. The minimum absolute atomic E-state index is 0.101. The zero-order chi connectivity index (χ0) is 13.1. The third kappa shape index (κ3) is 3.87. The van der Waals surface area contributed by atoms with Crippen LogP contribution in [-0.2, 0) is 4.79 Å². The Kier molecular flexibility index (Phi) is 4.41. The Morgan fingerprint density at radius 3 is 2.24 bits per heavy atom. The van der Waals surface area contributed by atoms with Crippen molar-refractivity contribution in [2.75, 3.05) is 6.54 Å². The Bertz CT molecular complexity index is 274. The molecule has 3 nitrogen and oxygen atoms in total. The third-order valence-corrected chi connectivity index (χ3v) is 3.59. The van der Waals surface area contributed by atoms with Crippen LogP contribution in [0.2, 0.25) is 0 Å². The molecule has 0 aromatic rings. The van der Waals surface area contributed by atoms with Gasteiger partial charge in [0, 0.05) is 0 Å². The van der Waals surface area contributed by atoms with Crippen molar-refractivity contribution in [3.63, 3.8) is 0 Å². The number of hydrogen-bond acceptors (Lipinski definition) is 2. The fraction of sp³-hybridized carbons (Fsp3) is 0.909. The zero-order valence-electron chi connectivity index (χ0n) is 9.94. The van der Waals surface area contributed by atoms with Crippen LogP contribution in [0.4, 0.5) is 13.2 Å². The second-order valence-corrected chi connectivity index (χ2v) is 4.87. The largest absolute Gasteiger partial charge is 0.401 e. The lowest BCUT2D eigenvalue weighted by Gasteiger charge is -2.38. The highest BCUT2D eigenvalue weighted by Gasteiger charge is 2.42. The number of primary amides is 1. The van der Waals surface area contributed by atoms with Gasteiger partial charge in [0.2, 0.25) is 5.91 Å². The highest BCUT2D eigenvalue weighted by Crippen LogP contribution is 2.33. The van der Waals surface area contributed by atoms with Crippen molar-refractivity contribution in [1.29, 1.82) is 0 Å². The standard InChI is InChI=1S/C11H19F3N2O/c1-10(9(15)17,16-7-11(12,13)14)8-5-3-2-4-6-8/h8,16H,2-7H2,1H3,(H2,15,17). The molecule has 1 fully saturated rings. The summed E-state index contributed by atoms with van der Waals surface area (Å²) in [5.41, 5.74) is 4.01. The van der Waals surface area contributed by atoms with Crippen LogP contribution in [0.5, 0.6) is 0 Å². The third-order valence-electron chi connectivity index (χ3n) is 3.59. The Morgan fingerprint density at radius 1 is 1.29 bits per heavy atom. The Hall–Kier alpha value is -0.780. The topological polar surface area (TPSA) is 55.1 Å². The molecule has 0 heterocycles. The monoisotopic (exact) mass is 252 g/mol. The number of halogens is 3. The van der Waals surface area contributed by atoms with Crippen LogP contribution in [0.25, 0.3) is 0 Å². The number of nitrogens with two attached hydrogens (primary N) is 1. The molecule has 1 saturated carbocycles. The SMILES string of the molecule is CC(NCC(F)(F)F)(C(N)=O)C1CCCCC1. The van der Waals surface area contributed by atoms with E-state index in [1.54, 1.807) is 0 Å². The normalized spacial score (nSPS) is 22.1. The summed E-state index contributed by atoms with van der Waals surface area (Å²) in [6, 6.07) is 0. The van der Waals surface area contributed by atoms with Crippen molar-refractivity contribution in [1.82, 2.24) is 5.32 Å². The molecule has 1 amide bonds. The van der Waals surface area contributed by atoms with E-state index in [4.69, 9.17) is 5.73 Å². The van der Waals surface area contributed by atoms with Gasteiger partial charge in [-0.25, -0.2) is 0 Å². The summed E-state index contributed by atoms with van der Waals surface area (Å²) in [5.74, 6) is -0.801. The van der Waals surface area contributed by atoms with Gasteiger partial charge in [-0.05, 0) is 25.7 Å². The van der Waals surface area contributed by atoms with Crippen molar-refractivity contribution in [2.24, 2.45) is 11.7 Å². The number of nitrogens with one attached hydrogen (secondary N) is 1. The molecule has 1 aliphatic rings. The summed E-state index contributed by atoms with van der Waals surface area (Å²) < 4.78 is 36.6. The molecular formula is C11H19F3N2O. The van der Waals surface area contributed by atoms with E-state index in [2.05, 4.69) is 5.32 Å². The van der Waals surface area contributed by atoms with Crippen LogP contribution >= 0.6 is 0 Å². The molecule has 1 aliphatic carbocycles. The minimum atomic E-state index is -4.33. The smallest absolute Gasteiger partial charge is 0.368 e. The summed E-state index contributed by atoms with van der Waals surface area (Å²) >= 11 is 0. The highest BCUT2D eigenvalue weighted by atomic mass is 19.4. The van der Waals surface area contributed by atoms with E-state index in [0.717, 1.165) is 32.1 Å². The first-order chi connectivity index (χ1) is 7.76. The van der Waals surface area contributed by atoms with E-state index in [1.165, 1.54) is 6.92 Å². The lowest BCUT2D eigenvalue weighted by atomic mass is 9.75. The maximum Gasteiger partial charge on any atom is 0.401 e. The summed E-state index contributed by atoms with van der Waals surface area (Å²) in [7, 11) is 0. The van der Waals surface area contributed by atoms with Crippen LogP contribution in [0.1, 0.15) is 39.0 Å². The average Bonchev–Trinajstić information content (AvgIpc) is 2.26. The zero-order valence-corrected chi connectivity index (χ0v) is 9.94. The Labute approximate surface area is 98.9 Å². The molecule has 1 atom stereocenters. The summed E-state index contributed by atoms with van der Waals surface area (Å²) in [6.45, 7) is 0.306. The van der Waals surface area contributed by atoms with Gasteiger partial charge >= 0.3 is 6.18 Å². The summed E-state index contributed by atoms with van der Waals surface area (Å²) in [6.07, 6.45) is 0.146. The molecule has 0 aliphatic heterocycles. The van der Waals surface area contributed by atoms with Gasteiger partial charge in [-0.15, -0.1) is 0 Å². The molecule has 0 saturated heterocycles. The van der Waals surface area contributed by atoms with Crippen molar-refractivity contribution in [3.8, 4) is 0 Å². The fourth-order valence-corrected chi connectivity index (χ4v) is 2.40. The fourth-order valence-electron chi connectivity index (χ4n) is 2.40. The van der Waals surface area contributed by atoms with E-state index in [0.29, 0.717) is 0 Å². The molecule has 0 aromatic carbocycles. The van der Waals surface area contributed by atoms with E-state index < -0.39 is 24.2 Å². The van der Waals surface area contributed by atoms with Crippen LogP contribution in [0.3, 0.4) is 0 Å². The first-order valence-corrected chi connectivity index (χ1v) is 5.87. The number of amides is 1.